The molecule has 2 heterocycles. The molecule has 0 fully saturated rings. The van der Waals surface area contributed by atoms with Crippen LogP contribution in [0.2, 0.25) is 0 Å². The second-order valence-corrected chi connectivity index (χ2v) is 5.92. The maximum atomic E-state index is 10.2. The lowest BCUT2D eigenvalue weighted by Crippen LogP contribution is -2.36. The Bertz CT molecular complexity index is 740. The molecule has 0 radical (unpaired) electrons. The van der Waals surface area contributed by atoms with Crippen molar-refractivity contribution in [3.05, 3.63) is 52.1 Å². The molecule has 2 aromatic rings. The molecule has 23 heavy (non-hydrogen) atoms. The molecule has 0 bridgehead atoms. The standard InChI is InChI=1S/C15H16BrN5O2/c1-10-5-3-6-12(21-15(22)20(2)18-19-21)11(10)9-23-14-8-4-7-13(16)17-14/h3-8,15,22H,9H2,1-2H3. The molecule has 7 nitrogen and oxygen atoms in total. The van der Waals surface area contributed by atoms with E-state index in [-0.39, 0.29) is 0 Å². The van der Waals surface area contributed by atoms with E-state index in [1.807, 2.05) is 37.3 Å². The molecule has 1 aromatic heterocycles. The number of ether oxygens (including phenoxy) is 1. The van der Waals surface area contributed by atoms with E-state index < -0.39 is 6.35 Å². The van der Waals surface area contributed by atoms with Gasteiger partial charge in [-0.15, -0.1) is 0 Å². The highest BCUT2D eigenvalue weighted by Crippen LogP contribution is 2.29. The van der Waals surface area contributed by atoms with Gasteiger partial charge in [0.25, 0.3) is 0 Å². The summed E-state index contributed by atoms with van der Waals surface area (Å²) < 4.78 is 6.49. The van der Waals surface area contributed by atoms with Crippen LogP contribution in [0.4, 0.5) is 5.69 Å². The quantitative estimate of drug-likeness (QED) is 0.828. The lowest BCUT2D eigenvalue weighted by Gasteiger charge is -2.23. The number of rotatable bonds is 4. The Kier molecular flexibility index (Phi) is 4.44. The van der Waals surface area contributed by atoms with Crippen molar-refractivity contribution in [1.82, 2.24) is 9.99 Å². The minimum Gasteiger partial charge on any atom is -0.473 e. The zero-order valence-corrected chi connectivity index (χ0v) is 14.3. The first-order valence-corrected chi connectivity index (χ1v) is 7.81. The second kappa shape index (κ2) is 6.51. The number of aromatic nitrogens is 1. The topological polar surface area (TPSA) is 73.6 Å². The van der Waals surface area contributed by atoms with Gasteiger partial charge >= 0.3 is 0 Å². The first-order valence-electron chi connectivity index (χ1n) is 7.02. The van der Waals surface area contributed by atoms with Crippen LogP contribution in [0.5, 0.6) is 5.88 Å². The average Bonchev–Trinajstić information content (AvgIpc) is 2.86. The maximum absolute atomic E-state index is 10.2. The van der Waals surface area contributed by atoms with Gasteiger partial charge < -0.3 is 9.84 Å². The summed E-state index contributed by atoms with van der Waals surface area (Å²) in [5.74, 6) is 0.522. The van der Waals surface area contributed by atoms with E-state index in [4.69, 9.17) is 4.74 Å². The van der Waals surface area contributed by atoms with E-state index in [0.717, 1.165) is 16.8 Å². The third-order valence-corrected chi connectivity index (χ3v) is 3.96. The summed E-state index contributed by atoms with van der Waals surface area (Å²) in [6, 6.07) is 11.3. The van der Waals surface area contributed by atoms with E-state index in [0.29, 0.717) is 17.1 Å². The molecule has 1 aliphatic rings. The Morgan fingerprint density at radius 3 is 2.70 bits per heavy atom. The Balaban J connectivity index is 1.85. The van der Waals surface area contributed by atoms with Gasteiger partial charge in [0, 0.05) is 18.7 Å². The van der Waals surface area contributed by atoms with E-state index in [1.165, 1.54) is 10.0 Å². The number of aryl methyl sites for hydroxylation is 1. The van der Waals surface area contributed by atoms with Crippen LogP contribution in [0.15, 0.2) is 51.4 Å². The number of pyridine rings is 1. The molecule has 0 saturated carbocycles. The Morgan fingerprint density at radius 2 is 2.00 bits per heavy atom. The number of nitrogens with zero attached hydrogens (tertiary/aromatic N) is 5. The van der Waals surface area contributed by atoms with Crippen LogP contribution in [-0.2, 0) is 6.61 Å². The van der Waals surface area contributed by atoms with Crippen LogP contribution in [0, 0.1) is 6.92 Å². The molecule has 1 aromatic carbocycles. The van der Waals surface area contributed by atoms with Gasteiger partial charge in [0.05, 0.1) is 5.69 Å². The molecule has 120 valence electrons. The third kappa shape index (κ3) is 3.27. The lowest BCUT2D eigenvalue weighted by molar-refractivity contribution is 0.0456. The van der Waals surface area contributed by atoms with Gasteiger partial charge in [0.15, 0.2) is 0 Å². The number of hydrogen-bond acceptors (Lipinski definition) is 7. The molecule has 0 spiro atoms. The van der Waals surface area contributed by atoms with Crippen molar-refractivity contribution >= 4 is 21.6 Å². The summed E-state index contributed by atoms with van der Waals surface area (Å²) >= 11 is 3.32. The largest absolute Gasteiger partial charge is 0.473 e. The molecule has 3 rings (SSSR count). The normalized spacial score (nSPS) is 17.0. The maximum Gasteiger partial charge on any atom is 0.245 e. The van der Waals surface area contributed by atoms with E-state index in [1.54, 1.807) is 13.1 Å². The van der Waals surface area contributed by atoms with Gasteiger partial charge in [0.2, 0.25) is 12.2 Å². The molecule has 0 aliphatic carbocycles. The minimum absolute atomic E-state index is 0.313. The fourth-order valence-corrected chi connectivity index (χ4v) is 2.56. The van der Waals surface area contributed by atoms with Crippen LogP contribution in [-0.4, -0.2) is 28.5 Å². The number of aliphatic hydroxyl groups excluding tert-OH is 1. The Labute approximate surface area is 142 Å². The van der Waals surface area contributed by atoms with Gasteiger partial charge in [0.1, 0.15) is 11.2 Å². The first-order chi connectivity index (χ1) is 11.1. The summed E-state index contributed by atoms with van der Waals surface area (Å²) in [4.78, 5) is 4.25. The first kappa shape index (κ1) is 15.7. The molecule has 1 N–H and O–H groups in total. The Hall–Kier alpha value is -2.19. The number of anilines is 1. The van der Waals surface area contributed by atoms with Crippen LogP contribution in [0.25, 0.3) is 0 Å². The van der Waals surface area contributed by atoms with E-state index in [9.17, 15) is 5.11 Å². The Morgan fingerprint density at radius 1 is 1.22 bits per heavy atom. The molecule has 1 aliphatic heterocycles. The van der Waals surface area contributed by atoms with Gasteiger partial charge in [-0.3, -0.25) is 0 Å². The van der Waals surface area contributed by atoms with Crippen molar-refractivity contribution in [3.63, 3.8) is 0 Å². The van der Waals surface area contributed by atoms with Crippen molar-refractivity contribution in [2.24, 2.45) is 10.4 Å². The fourth-order valence-electron chi connectivity index (χ4n) is 2.23. The SMILES string of the molecule is Cc1cccc(N2N=NN(C)C2O)c1COc1cccc(Br)n1. The van der Waals surface area contributed by atoms with Crippen LogP contribution < -0.4 is 9.75 Å². The number of halogens is 1. The summed E-state index contributed by atoms with van der Waals surface area (Å²) in [7, 11) is 1.66. The van der Waals surface area contributed by atoms with Crippen LogP contribution >= 0.6 is 15.9 Å². The van der Waals surface area contributed by atoms with Crippen LogP contribution in [0.1, 0.15) is 11.1 Å². The zero-order chi connectivity index (χ0) is 16.4. The third-order valence-electron chi connectivity index (χ3n) is 3.52. The lowest BCUT2D eigenvalue weighted by atomic mass is 10.1. The van der Waals surface area contributed by atoms with E-state index in [2.05, 4.69) is 31.4 Å². The number of benzene rings is 1. The molecular weight excluding hydrogens is 362 g/mol. The van der Waals surface area contributed by atoms with Crippen molar-refractivity contribution in [2.45, 2.75) is 19.9 Å². The van der Waals surface area contributed by atoms with Crippen LogP contribution in [0.3, 0.4) is 0 Å². The highest BCUT2D eigenvalue weighted by molar-refractivity contribution is 9.10. The average molecular weight is 378 g/mol. The minimum atomic E-state index is -0.931. The number of aliphatic hydroxyl groups is 1. The highest BCUT2D eigenvalue weighted by Gasteiger charge is 2.28. The molecule has 1 atom stereocenters. The molecular formula is C15H16BrN5O2. The molecule has 8 heteroatoms. The molecule has 1 unspecified atom stereocenters. The summed E-state index contributed by atoms with van der Waals surface area (Å²) in [5.41, 5.74) is 2.71. The predicted molar refractivity (Wildman–Crippen MR) is 88.6 cm³/mol. The fraction of sp³-hybridized carbons (Fsp3) is 0.267. The van der Waals surface area contributed by atoms with Gasteiger partial charge in [-0.1, -0.05) is 18.2 Å². The molecule has 0 amide bonds. The van der Waals surface area contributed by atoms with Gasteiger partial charge in [-0.05, 0) is 51.0 Å². The predicted octanol–water partition coefficient (Wildman–Crippen LogP) is 3.04. The van der Waals surface area contributed by atoms with Gasteiger partial charge in [-0.25, -0.2) is 9.99 Å². The summed E-state index contributed by atoms with van der Waals surface area (Å²) in [6.45, 7) is 2.30. The highest BCUT2D eigenvalue weighted by atomic mass is 79.9. The van der Waals surface area contributed by atoms with Gasteiger partial charge in [-0.2, -0.15) is 5.01 Å². The van der Waals surface area contributed by atoms with Crippen molar-refractivity contribution in [3.8, 4) is 5.88 Å². The van der Waals surface area contributed by atoms with E-state index >= 15 is 0 Å². The molecule has 0 saturated heterocycles. The monoisotopic (exact) mass is 377 g/mol. The summed E-state index contributed by atoms with van der Waals surface area (Å²) in [6.07, 6.45) is -0.931. The summed E-state index contributed by atoms with van der Waals surface area (Å²) in [5, 5.41) is 20.8. The van der Waals surface area contributed by atoms with Crippen molar-refractivity contribution in [2.75, 3.05) is 12.1 Å². The number of hydrogen-bond donors (Lipinski definition) is 1. The smallest absolute Gasteiger partial charge is 0.245 e. The zero-order valence-electron chi connectivity index (χ0n) is 12.7. The second-order valence-electron chi connectivity index (χ2n) is 5.10. The van der Waals surface area contributed by atoms with Crippen molar-refractivity contribution in [1.29, 1.82) is 0 Å². The van der Waals surface area contributed by atoms with Crippen molar-refractivity contribution < 1.29 is 9.84 Å².